The molecule has 1 aliphatic carbocycles. The lowest BCUT2D eigenvalue weighted by Gasteiger charge is -2.27. The number of guanidine groups is 1. The van der Waals surface area contributed by atoms with Gasteiger partial charge in [-0.05, 0) is 67.7 Å². The maximum absolute atomic E-state index is 12.7. The minimum Gasteiger partial charge on any atom is -0.493 e. The van der Waals surface area contributed by atoms with Gasteiger partial charge in [-0.3, -0.25) is 4.79 Å². The number of nitrogens with zero attached hydrogens (tertiary/aromatic N) is 2. The SMILES string of the molecule is CCNC(=NCc1ccc(C)cc1OCC1CC1)NCC(=O)N1CCc2sccc2C1. The summed E-state index contributed by atoms with van der Waals surface area (Å²) in [5.74, 6) is 2.38. The molecule has 0 bridgehead atoms. The molecule has 0 unspecified atom stereocenters. The molecule has 2 N–H and O–H groups in total. The van der Waals surface area contributed by atoms with E-state index in [1.165, 1.54) is 28.8 Å². The van der Waals surface area contributed by atoms with Gasteiger partial charge in [-0.25, -0.2) is 4.99 Å². The number of aryl methyl sites for hydroxylation is 1. The highest BCUT2D eigenvalue weighted by Crippen LogP contribution is 2.31. The van der Waals surface area contributed by atoms with Crippen molar-refractivity contribution in [1.82, 2.24) is 15.5 Å². The molecule has 31 heavy (non-hydrogen) atoms. The zero-order chi connectivity index (χ0) is 21.6. The lowest BCUT2D eigenvalue weighted by atomic mass is 10.1. The Hall–Kier alpha value is -2.54. The van der Waals surface area contributed by atoms with Crippen LogP contribution >= 0.6 is 11.3 Å². The highest BCUT2D eigenvalue weighted by molar-refractivity contribution is 7.10. The van der Waals surface area contributed by atoms with Gasteiger partial charge in [0.1, 0.15) is 5.75 Å². The second-order valence-corrected chi connectivity index (χ2v) is 9.35. The number of rotatable bonds is 8. The molecule has 1 saturated carbocycles. The van der Waals surface area contributed by atoms with E-state index in [0.717, 1.165) is 37.4 Å². The van der Waals surface area contributed by atoms with E-state index in [9.17, 15) is 4.79 Å². The van der Waals surface area contributed by atoms with E-state index in [2.05, 4.69) is 47.2 Å². The number of nitrogens with one attached hydrogen (secondary N) is 2. The number of carbonyl (C=O) groups excluding carboxylic acids is 1. The minimum absolute atomic E-state index is 0.103. The van der Waals surface area contributed by atoms with Crippen LogP contribution in [0.4, 0.5) is 0 Å². The molecular weight excluding hydrogens is 408 g/mol. The van der Waals surface area contributed by atoms with Crippen LogP contribution in [0.25, 0.3) is 0 Å². The van der Waals surface area contributed by atoms with E-state index < -0.39 is 0 Å². The molecule has 1 fully saturated rings. The van der Waals surface area contributed by atoms with Gasteiger partial charge >= 0.3 is 0 Å². The van der Waals surface area contributed by atoms with Crippen LogP contribution in [-0.2, 0) is 24.3 Å². The van der Waals surface area contributed by atoms with Crippen LogP contribution < -0.4 is 15.4 Å². The van der Waals surface area contributed by atoms with Crippen molar-refractivity contribution in [1.29, 1.82) is 0 Å². The van der Waals surface area contributed by atoms with Crippen LogP contribution in [0.5, 0.6) is 5.75 Å². The lowest BCUT2D eigenvalue weighted by Crippen LogP contribution is -2.45. The third-order valence-electron chi connectivity index (χ3n) is 5.71. The quantitative estimate of drug-likeness (QED) is 0.487. The Kier molecular flexibility index (Phi) is 7.12. The van der Waals surface area contributed by atoms with Gasteiger partial charge in [-0.2, -0.15) is 0 Å². The Morgan fingerprint density at radius 2 is 2.16 bits per heavy atom. The normalized spacial score (nSPS) is 16.1. The first-order chi connectivity index (χ1) is 15.1. The van der Waals surface area contributed by atoms with Crippen LogP contribution in [0.3, 0.4) is 0 Å². The van der Waals surface area contributed by atoms with E-state index in [1.807, 2.05) is 11.8 Å². The van der Waals surface area contributed by atoms with Crippen molar-refractivity contribution in [2.75, 3.05) is 26.2 Å². The van der Waals surface area contributed by atoms with Crippen molar-refractivity contribution in [3.8, 4) is 5.75 Å². The fourth-order valence-corrected chi connectivity index (χ4v) is 4.55. The monoisotopic (exact) mass is 440 g/mol. The lowest BCUT2D eigenvalue weighted by molar-refractivity contribution is -0.130. The van der Waals surface area contributed by atoms with Crippen LogP contribution in [0, 0.1) is 12.8 Å². The number of fused-ring (bicyclic) bond motifs is 1. The number of amides is 1. The number of hydrogen-bond donors (Lipinski definition) is 2. The Morgan fingerprint density at radius 3 is 2.97 bits per heavy atom. The summed E-state index contributed by atoms with van der Waals surface area (Å²) < 4.78 is 6.06. The van der Waals surface area contributed by atoms with Crippen molar-refractivity contribution < 1.29 is 9.53 Å². The first kappa shape index (κ1) is 21.7. The number of ether oxygens (including phenoxy) is 1. The molecule has 7 heteroatoms. The molecule has 0 radical (unpaired) electrons. The second kappa shape index (κ2) is 10.2. The zero-order valence-corrected chi connectivity index (χ0v) is 19.3. The number of hydrogen-bond acceptors (Lipinski definition) is 4. The van der Waals surface area contributed by atoms with E-state index >= 15 is 0 Å². The number of thiophene rings is 1. The summed E-state index contributed by atoms with van der Waals surface area (Å²) in [4.78, 5) is 20.8. The van der Waals surface area contributed by atoms with Crippen LogP contribution in [-0.4, -0.2) is 43.0 Å². The molecule has 0 spiro atoms. The molecule has 1 amide bonds. The molecule has 1 aromatic heterocycles. The van der Waals surface area contributed by atoms with Crippen molar-refractivity contribution in [2.24, 2.45) is 10.9 Å². The van der Waals surface area contributed by atoms with Gasteiger partial charge in [0.25, 0.3) is 0 Å². The van der Waals surface area contributed by atoms with Gasteiger partial charge in [-0.15, -0.1) is 11.3 Å². The summed E-state index contributed by atoms with van der Waals surface area (Å²) in [5, 5.41) is 8.56. The van der Waals surface area contributed by atoms with Crippen LogP contribution in [0.15, 0.2) is 34.6 Å². The minimum atomic E-state index is 0.103. The third-order valence-corrected chi connectivity index (χ3v) is 6.74. The first-order valence-electron chi connectivity index (χ1n) is 11.2. The van der Waals surface area contributed by atoms with Gasteiger partial charge in [0.05, 0.1) is 19.7 Å². The van der Waals surface area contributed by atoms with E-state index in [1.54, 1.807) is 11.3 Å². The van der Waals surface area contributed by atoms with Crippen molar-refractivity contribution in [2.45, 2.75) is 46.2 Å². The Labute approximate surface area is 188 Å². The summed E-state index contributed by atoms with van der Waals surface area (Å²) in [6, 6.07) is 8.39. The van der Waals surface area contributed by atoms with Crippen molar-refractivity contribution in [3.63, 3.8) is 0 Å². The maximum atomic E-state index is 12.7. The van der Waals surface area contributed by atoms with Gasteiger partial charge in [0.2, 0.25) is 5.91 Å². The molecule has 2 aromatic rings. The highest BCUT2D eigenvalue weighted by atomic mass is 32.1. The molecule has 0 atom stereocenters. The third kappa shape index (κ3) is 6.00. The predicted molar refractivity (Wildman–Crippen MR) is 126 cm³/mol. The number of benzene rings is 1. The molecule has 2 heterocycles. The molecule has 4 rings (SSSR count). The molecular formula is C24H32N4O2S. The largest absolute Gasteiger partial charge is 0.493 e. The van der Waals surface area contributed by atoms with Gasteiger partial charge in [-0.1, -0.05) is 12.1 Å². The van der Waals surface area contributed by atoms with E-state index in [0.29, 0.717) is 25.0 Å². The molecule has 0 saturated heterocycles. The van der Waals surface area contributed by atoms with E-state index in [4.69, 9.17) is 9.73 Å². The fraction of sp³-hybridized carbons (Fsp3) is 0.500. The highest BCUT2D eigenvalue weighted by Gasteiger charge is 2.23. The Bertz CT molecular complexity index is 935. The second-order valence-electron chi connectivity index (χ2n) is 8.35. The van der Waals surface area contributed by atoms with Gasteiger partial charge in [0.15, 0.2) is 5.96 Å². The molecule has 166 valence electrons. The zero-order valence-electron chi connectivity index (χ0n) is 18.4. The molecule has 1 aromatic carbocycles. The Morgan fingerprint density at radius 1 is 1.29 bits per heavy atom. The maximum Gasteiger partial charge on any atom is 0.242 e. The van der Waals surface area contributed by atoms with Crippen molar-refractivity contribution in [3.05, 3.63) is 51.2 Å². The van der Waals surface area contributed by atoms with Crippen molar-refractivity contribution >= 4 is 23.2 Å². The van der Waals surface area contributed by atoms with Gasteiger partial charge in [0, 0.05) is 30.1 Å². The molecule has 6 nitrogen and oxygen atoms in total. The summed E-state index contributed by atoms with van der Waals surface area (Å²) in [6.07, 6.45) is 3.49. The smallest absolute Gasteiger partial charge is 0.242 e. The average molecular weight is 441 g/mol. The topological polar surface area (TPSA) is 66.0 Å². The predicted octanol–water partition coefficient (Wildman–Crippen LogP) is 3.49. The summed E-state index contributed by atoms with van der Waals surface area (Å²) >= 11 is 1.79. The fourth-order valence-electron chi connectivity index (χ4n) is 3.66. The number of carbonyl (C=O) groups is 1. The van der Waals surface area contributed by atoms with Crippen LogP contribution in [0.1, 0.15) is 41.3 Å². The van der Waals surface area contributed by atoms with Gasteiger partial charge < -0.3 is 20.3 Å². The number of aliphatic imine (C=N–C) groups is 1. The van der Waals surface area contributed by atoms with E-state index in [-0.39, 0.29) is 12.5 Å². The molecule has 2 aliphatic rings. The first-order valence-corrected chi connectivity index (χ1v) is 12.1. The summed E-state index contributed by atoms with van der Waals surface area (Å²) in [7, 11) is 0. The molecule has 1 aliphatic heterocycles. The standard InChI is InChI=1S/C24H32N4O2S/c1-3-25-24(27-14-23(29)28-10-8-22-20(15-28)9-11-31-22)26-13-19-7-4-17(2)12-21(19)30-16-18-5-6-18/h4,7,9,11-12,18H,3,5-6,8,10,13-16H2,1-2H3,(H2,25,26,27). The van der Waals surface area contributed by atoms with Crippen LogP contribution in [0.2, 0.25) is 0 Å². The summed E-state index contributed by atoms with van der Waals surface area (Å²) in [6.45, 7) is 7.86. The Balaban J connectivity index is 1.34. The summed E-state index contributed by atoms with van der Waals surface area (Å²) in [5.41, 5.74) is 3.53. The average Bonchev–Trinajstić information content (AvgIpc) is 3.49.